The molecule has 0 saturated carbocycles. The van der Waals surface area contributed by atoms with Gasteiger partial charge in [0, 0.05) is 41.7 Å². The summed E-state index contributed by atoms with van der Waals surface area (Å²) in [6, 6.07) is 0.640. The molecule has 0 radical (unpaired) electrons. The summed E-state index contributed by atoms with van der Waals surface area (Å²) in [4.78, 5) is 15.3. The number of carbonyl (C=O) groups excluding carboxylic acids is 1. The van der Waals surface area contributed by atoms with Gasteiger partial charge < -0.3 is 4.90 Å². The molecule has 0 aromatic carbocycles. The summed E-state index contributed by atoms with van der Waals surface area (Å²) in [5.74, 6) is 0. The average Bonchev–Trinajstić information content (AvgIpc) is 2.34. The second-order valence-corrected chi connectivity index (χ2v) is 4.70. The van der Waals surface area contributed by atoms with E-state index in [1.807, 2.05) is 22.6 Å². The molecule has 0 unspecified atom stereocenters. The lowest BCUT2D eigenvalue weighted by atomic mass is 10.2. The highest BCUT2D eigenvalue weighted by molar-refractivity contribution is 14.1. The van der Waals surface area contributed by atoms with Crippen LogP contribution in [0, 0.1) is 0 Å². The molecular formula is C8H15IN2O. The quantitative estimate of drug-likeness (QED) is 0.559. The van der Waals surface area contributed by atoms with Crippen molar-refractivity contribution >= 4 is 26.4 Å². The summed E-state index contributed by atoms with van der Waals surface area (Å²) in [6.45, 7) is 2.73. The summed E-state index contributed by atoms with van der Waals surface area (Å²) < 4.78 is 0.243. The maximum absolute atomic E-state index is 10.8. The third-order valence-electron chi connectivity index (χ3n) is 2.33. The van der Waals surface area contributed by atoms with Gasteiger partial charge in [-0.3, -0.25) is 9.69 Å². The van der Waals surface area contributed by atoms with Gasteiger partial charge >= 0.3 is 0 Å². The van der Waals surface area contributed by atoms with Crippen LogP contribution in [0.3, 0.4) is 0 Å². The lowest BCUT2D eigenvalue weighted by molar-refractivity contribution is -0.110. The van der Waals surface area contributed by atoms with Crippen molar-refractivity contribution in [3.63, 3.8) is 0 Å². The smallest absolute Gasteiger partial charge is 0.206 e. The Balaban J connectivity index is 2.30. The zero-order valence-electron chi connectivity index (χ0n) is 7.59. The number of nitrogens with zero attached hydrogens (tertiary/aromatic N) is 2. The molecular weight excluding hydrogens is 267 g/mol. The topological polar surface area (TPSA) is 23.6 Å². The van der Waals surface area contributed by atoms with E-state index in [1.165, 1.54) is 6.42 Å². The third-order valence-corrected chi connectivity index (χ3v) is 2.67. The molecule has 70 valence electrons. The van der Waals surface area contributed by atoms with Gasteiger partial charge in [-0.2, -0.15) is 0 Å². The molecule has 12 heavy (non-hydrogen) atoms. The van der Waals surface area contributed by atoms with Crippen LogP contribution in [-0.4, -0.2) is 53.4 Å². The largest absolute Gasteiger partial charge is 0.305 e. The van der Waals surface area contributed by atoms with Gasteiger partial charge in [-0.05, 0) is 20.5 Å². The van der Waals surface area contributed by atoms with Crippen molar-refractivity contribution in [1.82, 2.24) is 9.80 Å². The predicted octanol–water partition coefficient (Wildman–Crippen LogP) is 0.584. The van der Waals surface area contributed by atoms with Gasteiger partial charge in [-0.15, -0.1) is 0 Å². The maximum Gasteiger partial charge on any atom is 0.206 e. The molecule has 1 aliphatic heterocycles. The Kier molecular flexibility index (Phi) is 3.92. The number of hydrogen-bond acceptors (Lipinski definition) is 3. The van der Waals surface area contributed by atoms with Gasteiger partial charge in [0.25, 0.3) is 0 Å². The van der Waals surface area contributed by atoms with Crippen LogP contribution in [0.1, 0.15) is 6.42 Å². The Morgan fingerprint density at radius 2 is 2.33 bits per heavy atom. The van der Waals surface area contributed by atoms with Crippen LogP contribution in [0.4, 0.5) is 0 Å². The predicted molar refractivity (Wildman–Crippen MR) is 57.6 cm³/mol. The molecule has 0 aliphatic carbocycles. The van der Waals surface area contributed by atoms with Gasteiger partial charge in [-0.1, -0.05) is 0 Å². The Labute approximate surface area is 87.2 Å². The van der Waals surface area contributed by atoms with E-state index in [0.29, 0.717) is 12.6 Å². The normalized spacial score (nSPS) is 25.2. The van der Waals surface area contributed by atoms with E-state index in [2.05, 4.69) is 23.9 Å². The first-order valence-corrected chi connectivity index (χ1v) is 5.24. The number of halogens is 1. The summed E-state index contributed by atoms with van der Waals surface area (Å²) in [5.41, 5.74) is 0. The lowest BCUT2D eigenvalue weighted by Gasteiger charge is -2.19. The monoisotopic (exact) mass is 282 g/mol. The Morgan fingerprint density at radius 3 is 2.75 bits per heavy atom. The van der Waals surface area contributed by atoms with Crippen molar-refractivity contribution in [3.05, 3.63) is 0 Å². The molecule has 1 rings (SSSR count). The zero-order valence-corrected chi connectivity index (χ0v) is 9.74. The molecule has 1 atom stereocenters. The minimum absolute atomic E-state index is 0.243. The first-order valence-electron chi connectivity index (χ1n) is 4.16. The fourth-order valence-electron chi connectivity index (χ4n) is 1.55. The van der Waals surface area contributed by atoms with E-state index < -0.39 is 0 Å². The van der Waals surface area contributed by atoms with Gasteiger partial charge in [0.15, 0.2) is 0 Å². The highest BCUT2D eigenvalue weighted by atomic mass is 127. The molecule has 0 aromatic heterocycles. The van der Waals surface area contributed by atoms with E-state index in [0.717, 1.165) is 13.1 Å². The summed E-state index contributed by atoms with van der Waals surface area (Å²) >= 11 is 1.86. The van der Waals surface area contributed by atoms with E-state index in [4.69, 9.17) is 0 Å². The molecule has 4 heteroatoms. The lowest BCUT2D eigenvalue weighted by Crippen LogP contribution is -2.32. The first kappa shape index (κ1) is 10.4. The fourth-order valence-corrected chi connectivity index (χ4v) is 2.04. The molecule has 1 fully saturated rings. The number of carbonyl (C=O) groups is 1. The van der Waals surface area contributed by atoms with Crippen LogP contribution >= 0.6 is 22.6 Å². The minimum atomic E-state index is 0.243. The zero-order chi connectivity index (χ0) is 9.14. The fraction of sp³-hybridized carbons (Fsp3) is 0.875. The molecule has 1 saturated heterocycles. The van der Waals surface area contributed by atoms with Crippen LogP contribution in [0.2, 0.25) is 0 Å². The number of hydrogen-bond donors (Lipinski definition) is 0. The van der Waals surface area contributed by atoms with Crippen LogP contribution in [0.25, 0.3) is 0 Å². The Hall–Kier alpha value is 0.320. The second-order valence-electron chi connectivity index (χ2n) is 3.50. The second kappa shape index (κ2) is 4.53. The van der Waals surface area contributed by atoms with E-state index >= 15 is 0 Å². The van der Waals surface area contributed by atoms with Gasteiger partial charge in [0.2, 0.25) is 3.79 Å². The summed E-state index contributed by atoms with van der Waals surface area (Å²) in [7, 11) is 4.19. The molecule has 0 spiro atoms. The highest BCUT2D eigenvalue weighted by Crippen LogP contribution is 2.12. The SMILES string of the molecule is CN(C)[C@@H]1CCN(CC(=O)I)C1. The molecule has 1 heterocycles. The van der Waals surface area contributed by atoms with Crippen LogP contribution in [-0.2, 0) is 4.79 Å². The molecule has 1 aliphatic rings. The van der Waals surface area contributed by atoms with E-state index in [-0.39, 0.29) is 3.79 Å². The van der Waals surface area contributed by atoms with Crippen molar-refractivity contribution in [2.24, 2.45) is 0 Å². The Bertz CT molecular complexity index is 172. The van der Waals surface area contributed by atoms with Gasteiger partial charge in [0.05, 0.1) is 6.54 Å². The summed E-state index contributed by atoms with van der Waals surface area (Å²) in [5, 5.41) is 0. The molecule has 0 N–H and O–H groups in total. The average molecular weight is 282 g/mol. The molecule has 0 amide bonds. The third kappa shape index (κ3) is 2.99. The Morgan fingerprint density at radius 1 is 1.67 bits per heavy atom. The van der Waals surface area contributed by atoms with Crippen LogP contribution < -0.4 is 0 Å². The van der Waals surface area contributed by atoms with Crippen molar-refractivity contribution in [2.75, 3.05) is 33.7 Å². The number of likely N-dealkylation sites (N-methyl/N-ethyl adjacent to an activating group) is 1. The molecule has 0 bridgehead atoms. The van der Waals surface area contributed by atoms with Crippen LogP contribution in [0.15, 0.2) is 0 Å². The van der Waals surface area contributed by atoms with Gasteiger partial charge in [-0.25, -0.2) is 0 Å². The van der Waals surface area contributed by atoms with E-state index in [9.17, 15) is 4.79 Å². The molecule has 3 nitrogen and oxygen atoms in total. The number of rotatable bonds is 3. The summed E-state index contributed by atoms with van der Waals surface area (Å²) in [6.07, 6.45) is 1.19. The highest BCUT2D eigenvalue weighted by Gasteiger charge is 2.24. The standard InChI is InChI=1S/C8H15IN2O/c1-10(2)7-3-4-11(5-7)6-8(9)12/h7H,3-6H2,1-2H3/t7-/m1/s1. The first-order chi connectivity index (χ1) is 5.59. The van der Waals surface area contributed by atoms with E-state index in [1.54, 1.807) is 0 Å². The molecule has 0 aromatic rings. The maximum atomic E-state index is 10.8. The van der Waals surface area contributed by atoms with Gasteiger partial charge in [0.1, 0.15) is 0 Å². The van der Waals surface area contributed by atoms with Crippen molar-refractivity contribution in [2.45, 2.75) is 12.5 Å². The minimum Gasteiger partial charge on any atom is -0.305 e. The van der Waals surface area contributed by atoms with Crippen molar-refractivity contribution in [3.8, 4) is 0 Å². The van der Waals surface area contributed by atoms with Crippen LogP contribution in [0.5, 0.6) is 0 Å². The number of likely N-dealkylation sites (tertiary alicyclic amines) is 1. The van der Waals surface area contributed by atoms with Crippen molar-refractivity contribution in [1.29, 1.82) is 0 Å². The van der Waals surface area contributed by atoms with Crippen molar-refractivity contribution < 1.29 is 4.79 Å².